The quantitative estimate of drug-likeness (QED) is 0.679. The Morgan fingerprint density at radius 2 is 2.00 bits per heavy atom. The van der Waals surface area contributed by atoms with Crippen LogP contribution in [0.5, 0.6) is 11.5 Å². The molecule has 0 bridgehead atoms. The van der Waals surface area contributed by atoms with Gasteiger partial charge in [0.25, 0.3) is 0 Å². The van der Waals surface area contributed by atoms with Crippen molar-refractivity contribution in [3.63, 3.8) is 0 Å². The molecule has 4 nitrogen and oxygen atoms in total. The summed E-state index contributed by atoms with van der Waals surface area (Å²) in [5, 5.41) is 7.99. The Kier molecular flexibility index (Phi) is 1.65. The lowest BCUT2D eigenvalue weighted by Gasteiger charge is -2.09. The van der Waals surface area contributed by atoms with Gasteiger partial charge in [0.1, 0.15) is 0 Å². The van der Waals surface area contributed by atoms with Crippen LogP contribution in [0, 0.1) is 0 Å². The third-order valence-electron chi connectivity index (χ3n) is 2.57. The second-order valence-corrected chi connectivity index (χ2v) is 3.43. The van der Waals surface area contributed by atoms with Crippen LogP contribution in [-0.2, 0) is 0 Å². The number of hydrogen-bond acceptors (Lipinski definition) is 4. The third kappa shape index (κ3) is 1.07. The van der Waals surface area contributed by atoms with Gasteiger partial charge in [0, 0.05) is 11.5 Å². The first-order valence-corrected chi connectivity index (χ1v) is 4.67. The van der Waals surface area contributed by atoms with E-state index in [-0.39, 0.29) is 0 Å². The zero-order valence-corrected chi connectivity index (χ0v) is 7.64. The first-order valence-electron chi connectivity index (χ1n) is 4.67. The van der Waals surface area contributed by atoms with E-state index in [1.165, 1.54) is 5.56 Å². The van der Waals surface area contributed by atoms with Gasteiger partial charge in [-0.05, 0) is 6.07 Å². The Balaban J connectivity index is 2.01. The predicted octanol–water partition coefficient (Wildman–Crippen LogP) is 1.96. The number of rotatable bonds is 1. The van der Waals surface area contributed by atoms with Gasteiger partial charge in [-0.15, -0.1) is 0 Å². The average Bonchev–Trinajstić information content (AvgIpc) is 2.88. The summed E-state index contributed by atoms with van der Waals surface area (Å²) in [7, 11) is 0. The molecule has 2 aliphatic heterocycles. The van der Waals surface area contributed by atoms with Crippen molar-refractivity contribution in [3.8, 4) is 11.5 Å². The zero-order chi connectivity index (χ0) is 9.38. The highest BCUT2D eigenvalue weighted by Gasteiger charge is 2.24. The van der Waals surface area contributed by atoms with Crippen molar-refractivity contribution < 1.29 is 9.47 Å². The van der Waals surface area contributed by atoms with Crippen LogP contribution in [0.25, 0.3) is 0 Å². The highest BCUT2D eigenvalue weighted by molar-refractivity contribution is 5.50. The number of fused-ring (bicyclic) bond motifs is 1. The molecule has 0 spiro atoms. The molecule has 0 aliphatic carbocycles. The van der Waals surface area contributed by atoms with E-state index in [9.17, 15) is 0 Å². The number of benzene rings is 1. The predicted molar refractivity (Wildman–Crippen MR) is 49.9 cm³/mol. The molecule has 2 aliphatic rings. The van der Waals surface area contributed by atoms with Gasteiger partial charge >= 0.3 is 0 Å². The van der Waals surface area contributed by atoms with Crippen LogP contribution in [-0.4, -0.2) is 19.9 Å². The maximum atomic E-state index is 5.44. The van der Waals surface area contributed by atoms with E-state index in [0.717, 1.165) is 24.6 Å². The van der Waals surface area contributed by atoms with Gasteiger partial charge in [-0.25, -0.2) is 0 Å². The van der Waals surface area contributed by atoms with E-state index < -0.39 is 0 Å². The minimum Gasteiger partial charge on any atom is -0.454 e. The fourth-order valence-corrected chi connectivity index (χ4v) is 1.84. The van der Waals surface area contributed by atoms with Crippen LogP contribution in [0.2, 0.25) is 0 Å². The SMILES string of the molecule is c1cc2c(c(C3CN=NC3)c1)OCO2. The van der Waals surface area contributed by atoms with Crippen molar-refractivity contribution in [1.29, 1.82) is 0 Å². The molecule has 72 valence electrons. The molecule has 0 amide bonds. The Bertz CT molecular complexity index is 382. The molecule has 0 saturated carbocycles. The molecule has 0 unspecified atom stereocenters. The van der Waals surface area contributed by atoms with Gasteiger partial charge in [0.15, 0.2) is 11.5 Å². The lowest BCUT2D eigenvalue weighted by atomic mass is 9.99. The van der Waals surface area contributed by atoms with Crippen LogP contribution in [0.3, 0.4) is 0 Å². The van der Waals surface area contributed by atoms with E-state index in [2.05, 4.69) is 16.3 Å². The van der Waals surface area contributed by atoms with Crippen molar-refractivity contribution in [1.82, 2.24) is 0 Å². The number of ether oxygens (including phenoxy) is 2. The Morgan fingerprint density at radius 1 is 1.14 bits per heavy atom. The van der Waals surface area contributed by atoms with Gasteiger partial charge in [0.05, 0.1) is 13.1 Å². The summed E-state index contributed by atoms with van der Waals surface area (Å²) in [6.07, 6.45) is 0. The molecule has 0 radical (unpaired) electrons. The van der Waals surface area contributed by atoms with Gasteiger partial charge in [-0.2, -0.15) is 10.2 Å². The lowest BCUT2D eigenvalue weighted by Crippen LogP contribution is -2.03. The molecule has 3 rings (SSSR count). The van der Waals surface area contributed by atoms with Crippen LogP contribution in [0.15, 0.2) is 28.4 Å². The van der Waals surface area contributed by atoms with Gasteiger partial charge < -0.3 is 9.47 Å². The number of para-hydroxylation sites is 1. The molecule has 2 heterocycles. The molecule has 0 atom stereocenters. The van der Waals surface area contributed by atoms with Gasteiger partial charge in [-0.1, -0.05) is 12.1 Å². The first-order chi connectivity index (χ1) is 6.95. The van der Waals surface area contributed by atoms with Crippen LogP contribution >= 0.6 is 0 Å². The fourth-order valence-electron chi connectivity index (χ4n) is 1.84. The molecule has 14 heavy (non-hydrogen) atoms. The molecule has 0 aromatic heterocycles. The van der Waals surface area contributed by atoms with E-state index in [1.54, 1.807) is 0 Å². The first kappa shape index (κ1) is 7.79. The topological polar surface area (TPSA) is 43.2 Å². The number of hydrogen-bond donors (Lipinski definition) is 0. The summed E-state index contributed by atoms with van der Waals surface area (Å²) < 4.78 is 10.8. The molecule has 1 aromatic carbocycles. The lowest BCUT2D eigenvalue weighted by molar-refractivity contribution is 0.173. The molecule has 0 saturated heterocycles. The smallest absolute Gasteiger partial charge is 0.231 e. The van der Waals surface area contributed by atoms with Crippen molar-refractivity contribution in [2.75, 3.05) is 19.9 Å². The van der Waals surface area contributed by atoms with E-state index >= 15 is 0 Å². The molecule has 0 N–H and O–H groups in total. The molecular weight excluding hydrogens is 180 g/mol. The normalized spacial score (nSPS) is 19.1. The third-order valence-corrected chi connectivity index (χ3v) is 2.57. The van der Waals surface area contributed by atoms with E-state index in [1.807, 2.05) is 12.1 Å². The second-order valence-electron chi connectivity index (χ2n) is 3.43. The van der Waals surface area contributed by atoms with Crippen molar-refractivity contribution in [2.45, 2.75) is 5.92 Å². The highest BCUT2D eigenvalue weighted by Crippen LogP contribution is 2.40. The van der Waals surface area contributed by atoms with Crippen LogP contribution in [0.1, 0.15) is 11.5 Å². The Labute approximate surface area is 81.6 Å². The average molecular weight is 190 g/mol. The molecule has 4 heteroatoms. The molecule has 0 fully saturated rings. The summed E-state index contributed by atoms with van der Waals surface area (Å²) in [5.41, 5.74) is 1.17. The van der Waals surface area contributed by atoms with Crippen LogP contribution < -0.4 is 9.47 Å². The van der Waals surface area contributed by atoms with Crippen molar-refractivity contribution in [3.05, 3.63) is 23.8 Å². The van der Waals surface area contributed by atoms with Crippen LogP contribution in [0.4, 0.5) is 0 Å². The van der Waals surface area contributed by atoms with Gasteiger partial charge in [0.2, 0.25) is 6.79 Å². The fraction of sp³-hybridized carbons (Fsp3) is 0.400. The second kappa shape index (κ2) is 2.97. The molecule has 1 aromatic rings. The van der Waals surface area contributed by atoms with Crippen molar-refractivity contribution in [2.24, 2.45) is 10.2 Å². The van der Waals surface area contributed by atoms with Crippen molar-refractivity contribution >= 4 is 0 Å². The largest absolute Gasteiger partial charge is 0.454 e. The maximum absolute atomic E-state index is 5.44. The van der Waals surface area contributed by atoms with Gasteiger partial charge in [-0.3, -0.25) is 0 Å². The number of nitrogens with zero attached hydrogens (tertiary/aromatic N) is 2. The zero-order valence-electron chi connectivity index (χ0n) is 7.64. The van der Waals surface area contributed by atoms with E-state index in [4.69, 9.17) is 9.47 Å². The Hall–Kier alpha value is -1.58. The summed E-state index contributed by atoms with van der Waals surface area (Å²) in [5.74, 6) is 2.09. The Morgan fingerprint density at radius 3 is 2.86 bits per heavy atom. The summed E-state index contributed by atoms with van der Waals surface area (Å²) >= 11 is 0. The maximum Gasteiger partial charge on any atom is 0.231 e. The summed E-state index contributed by atoms with van der Waals surface area (Å²) in [6.45, 7) is 1.85. The van der Waals surface area contributed by atoms with E-state index in [0.29, 0.717) is 12.7 Å². The highest BCUT2D eigenvalue weighted by atomic mass is 16.7. The number of azo groups is 1. The summed E-state index contributed by atoms with van der Waals surface area (Å²) in [4.78, 5) is 0. The minimum absolute atomic E-state index is 0.327. The molecular formula is C10H10N2O2. The minimum atomic E-state index is 0.327. The standard InChI is InChI=1S/C10H10N2O2/c1-2-8(7-4-11-12-5-7)10-9(3-1)13-6-14-10/h1-3,7H,4-6H2. The monoisotopic (exact) mass is 190 g/mol. The summed E-state index contributed by atoms with van der Waals surface area (Å²) in [6, 6.07) is 5.98.